The van der Waals surface area contributed by atoms with E-state index in [0.717, 1.165) is 0 Å². The first-order valence-electron chi connectivity index (χ1n) is 11.4. The lowest BCUT2D eigenvalue weighted by Crippen LogP contribution is -2.52. The number of carbonyl (C=O) groups excluding carboxylic acids is 4. The number of aromatic nitrogens is 6. The van der Waals surface area contributed by atoms with Gasteiger partial charge in [-0.2, -0.15) is 15.4 Å². The number of piperidine rings is 1. The number of rotatable bonds is 4. The largest absolute Gasteiger partial charge is 0.381 e. The number of aliphatic hydroxyl groups is 1. The topological polar surface area (TPSA) is 179 Å². The van der Waals surface area contributed by atoms with E-state index in [1.165, 1.54) is 26.9 Å². The van der Waals surface area contributed by atoms with Crippen molar-refractivity contribution in [1.29, 1.82) is 0 Å². The van der Waals surface area contributed by atoms with Gasteiger partial charge in [0.2, 0.25) is 11.8 Å². The predicted molar refractivity (Wildman–Crippen MR) is 118 cm³/mol. The Morgan fingerprint density at radius 3 is 2.86 bits per heavy atom. The smallest absolute Gasteiger partial charge is 0.276 e. The Morgan fingerprint density at radius 1 is 1.22 bits per heavy atom. The maximum Gasteiger partial charge on any atom is 0.276 e. The number of imide groups is 1. The summed E-state index contributed by atoms with van der Waals surface area (Å²) in [4.78, 5) is 52.6. The van der Waals surface area contributed by atoms with Crippen LogP contribution in [0.2, 0.25) is 0 Å². The minimum Gasteiger partial charge on any atom is -0.381 e. The zero-order valence-corrected chi connectivity index (χ0v) is 18.9. The Balaban J connectivity index is 1.18. The SMILES string of the molecule is O=C1CCC(N2Cc3cc(-n4cc(C(=O)N5CCC(O)(c6cn[nH]n6)C5)nn4)ccc3C2=O)C(=O)N1. The zero-order valence-electron chi connectivity index (χ0n) is 18.9. The molecule has 2 unspecified atom stereocenters. The fourth-order valence-corrected chi connectivity index (χ4v) is 4.96. The van der Waals surface area contributed by atoms with Crippen LogP contribution in [0.15, 0.2) is 30.6 Å². The molecule has 0 bridgehead atoms. The molecule has 2 aromatic heterocycles. The van der Waals surface area contributed by atoms with Crippen molar-refractivity contribution < 1.29 is 24.3 Å². The zero-order chi connectivity index (χ0) is 25.0. The third kappa shape index (κ3) is 3.53. The van der Waals surface area contributed by atoms with Gasteiger partial charge < -0.3 is 14.9 Å². The van der Waals surface area contributed by atoms with Crippen molar-refractivity contribution in [3.8, 4) is 5.69 Å². The molecule has 4 amide bonds. The van der Waals surface area contributed by atoms with E-state index in [1.54, 1.807) is 18.2 Å². The second-order valence-electron chi connectivity index (χ2n) is 9.15. The molecule has 6 rings (SSSR count). The number of carbonyl (C=O) groups is 4. The number of H-pyrrole nitrogens is 1. The van der Waals surface area contributed by atoms with E-state index in [4.69, 9.17) is 0 Å². The van der Waals surface area contributed by atoms with E-state index in [0.29, 0.717) is 35.5 Å². The lowest BCUT2D eigenvalue weighted by molar-refractivity contribution is -0.136. The fraction of sp³-hybridized carbons (Fsp3) is 0.364. The van der Waals surface area contributed by atoms with Crippen LogP contribution in [0.4, 0.5) is 0 Å². The molecule has 3 aliphatic rings. The van der Waals surface area contributed by atoms with Crippen LogP contribution < -0.4 is 5.32 Å². The molecule has 0 spiro atoms. The van der Waals surface area contributed by atoms with Crippen LogP contribution in [0.3, 0.4) is 0 Å². The third-order valence-electron chi connectivity index (χ3n) is 6.91. The molecule has 0 radical (unpaired) electrons. The van der Waals surface area contributed by atoms with Crippen molar-refractivity contribution in [1.82, 2.24) is 45.5 Å². The van der Waals surface area contributed by atoms with Crippen molar-refractivity contribution in [2.45, 2.75) is 37.5 Å². The first kappa shape index (κ1) is 22.0. The van der Waals surface area contributed by atoms with Gasteiger partial charge in [-0.05, 0) is 30.2 Å². The lowest BCUT2D eigenvalue weighted by Gasteiger charge is -2.29. The molecule has 3 N–H and O–H groups in total. The number of nitrogens with one attached hydrogen (secondary N) is 2. The van der Waals surface area contributed by atoms with E-state index in [2.05, 4.69) is 31.0 Å². The number of benzene rings is 1. The van der Waals surface area contributed by atoms with Gasteiger partial charge >= 0.3 is 0 Å². The van der Waals surface area contributed by atoms with E-state index in [9.17, 15) is 24.3 Å². The normalized spacial score (nSPS) is 23.8. The molecule has 2 saturated heterocycles. The molecule has 0 saturated carbocycles. The van der Waals surface area contributed by atoms with Gasteiger partial charge in [-0.3, -0.25) is 24.5 Å². The van der Waals surface area contributed by atoms with Crippen LogP contribution in [-0.4, -0.2) is 88.1 Å². The van der Waals surface area contributed by atoms with Crippen molar-refractivity contribution in [3.63, 3.8) is 0 Å². The van der Waals surface area contributed by atoms with E-state index in [-0.39, 0.29) is 49.3 Å². The Morgan fingerprint density at radius 2 is 2.08 bits per heavy atom. The summed E-state index contributed by atoms with van der Waals surface area (Å²) >= 11 is 0. The van der Waals surface area contributed by atoms with Crippen molar-refractivity contribution in [3.05, 3.63) is 53.1 Å². The predicted octanol–water partition coefficient (Wildman–Crippen LogP) is -1.12. The second-order valence-corrected chi connectivity index (χ2v) is 9.15. The monoisotopic (exact) mass is 491 g/mol. The summed E-state index contributed by atoms with van der Waals surface area (Å²) in [7, 11) is 0. The molecule has 14 heteroatoms. The van der Waals surface area contributed by atoms with Gasteiger partial charge in [-0.15, -0.1) is 5.10 Å². The Kier molecular flexibility index (Phi) is 4.93. The van der Waals surface area contributed by atoms with Crippen LogP contribution in [-0.2, 0) is 21.7 Å². The van der Waals surface area contributed by atoms with Crippen LogP contribution >= 0.6 is 0 Å². The molecular weight excluding hydrogens is 470 g/mol. The number of β-amino-alcohol motifs (C(OH)–C–C–N with tert-alkyl or cyclic N) is 1. The highest BCUT2D eigenvalue weighted by atomic mass is 16.3. The molecule has 3 aromatic rings. The summed E-state index contributed by atoms with van der Waals surface area (Å²) in [6.07, 6.45) is 3.72. The van der Waals surface area contributed by atoms with Crippen LogP contribution in [0.5, 0.6) is 0 Å². The highest BCUT2D eigenvalue weighted by Gasteiger charge is 2.42. The molecule has 184 valence electrons. The minimum absolute atomic E-state index is 0.0579. The Hall–Kier alpha value is -4.46. The number of aromatic amines is 1. The van der Waals surface area contributed by atoms with Gasteiger partial charge in [-0.1, -0.05) is 5.21 Å². The molecule has 5 heterocycles. The highest BCUT2D eigenvalue weighted by Crippen LogP contribution is 2.31. The van der Waals surface area contributed by atoms with Crippen molar-refractivity contribution in [2.24, 2.45) is 0 Å². The van der Waals surface area contributed by atoms with Crippen molar-refractivity contribution >= 4 is 23.6 Å². The summed E-state index contributed by atoms with van der Waals surface area (Å²) in [5, 5.41) is 31.3. The first-order chi connectivity index (χ1) is 17.3. The summed E-state index contributed by atoms with van der Waals surface area (Å²) in [5.74, 6) is -1.45. The van der Waals surface area contributed by atoms with Gasteiger partial charge in [0.05, 0.1) is 24.6 Å². The fourth-order valence-electron chi connectivity index (χ4n) is 4.96. The van der Waals surface area contributed by atoms with Gasteiger partial charge in [-0.25, -0.2) is 4.68 Å². The molecule has 2 atom stereocenters. The van der Waals surface area contributed by atoms with Gasteiger partial charge in [0.25, 0.3) is 11.8 Å². The van der Waals surface area contributed by atoms with Gasteiger partial charge in [0.15, 0.2) is 5.69 Å². The molecule has 1 aromatic carbocycles. The quantitative estimate of drug-likeness (QED) is 0.381. The van der Waals surface area contributed by atoms with Crippen LogP contribution in [0.1, 0.15) is 51.4 Å². The number of nitrogens with zero attached hydrogens (tertiary/aromatic N) is 7. The molecule has 2 fully saturated rings. The standard InChI is InChI=1S/C22H21N9O5/c32-18-4-3-16(19(33)24-18)30-9-12-7-13(1-2-14(12)20(30)34)31-10-15(25-28-31)21(35)29-6-5-22(36,11-29)17-8-23-27-26-17/h1-2,7-8,10,16,36H,3-6,9,11H2,(H,23,26,27)(H,24,32,33). The molecule has 36 heavy (non-hydrogen) atoms. The highest BCUT2D eigenvalue weighted by molar-refractivity contribution is 6.05. The number of fused-ring (bicyclic) bond motifs is 1. The number of likely N-dealkylation sites (tertiary alicyclic amines) is 1. The summed E-state index contributed by atoms with van der Waals surface area (Å²) in [6, 6.07) is 4.41. The Labute approximate surface area is 203 Å². The van der Waals surface area contributed by atoms with E-state index < -0.39 is 17.6 Å². The summed E-state index contributed by atoms with van der Waals surface area (Å²) in [5.41, 5.74) is 0.992. The number of amides is 4. The second kappa shape index (κ2) is 8.05. The maximum atomic E-state index is 13.0. The summed E-state index contributed by atoms with van der Waals surface area (Å²) < 4.78 is 1.44. The number of hydrogen-bond donors (Lipinski definition) is 3. The van der Waals surface area contributed by atoms with E-state index in [1.807, 2.05) is 0 Å². The first-order valence-corrected chi connectivity index (χ1v) is 11.4. The van der Waals surface area contributed by atoms with Crippen LogP contribution in [0, 0.1) is 0 Å². The average Bonchev–Trinajstić information content (AvgIpc) is 3.66. The lowest BCUT2D eigenvalue weighted by atomic mass is 10.0. The average molecular weight is 491 g/mol. The number of hydrogen-bond acceptors (Lipinski definition) is 9. The molecule has 14 nitrogen and oxygen atoms in total. The van der Waals surface area contributed by atoms with Gasteiger partial charge in [0, 0.05) is 31.5 Å². The molecule has 3 aliphatic heterocycles. The Bertz CT molecular complexity index is 1400. The molecular formula is C22H21N9O5. The third-order valence-corrected chi connectivity index (χ3v) is 6.91. The summed E-state index contributed by atoms with van der Waals surface area (Å²) in [6.45, 7) is 0.609. The van der Waals surface area contributed by atoms with Gasteiger partial charge in [0.1, 0.15) is 17.3 Å². The van der Waals surface area contributed by atoms with Crippen molar-refractivity contribution in [2.75, 3.05) is 13.1 Å². The minimum atomic E-state index is -1.28. The van der Waals surface area contributed by atoms with Crippen LogP contribution in [0.25, 0.3) is 5.69 Å². The van der Waals surface area contributed by atoms with E-state index >= 15 is 0 Å². The maximum absolute atomic E-state index is 13.0. The molecule has 0 aliphatic carbocycles.